The quantitative estimate of drug-likeness (QED) is 0.260. The van der Waals surface area contributed by atoms with Crippen molar-refractivity contribution in [3.05, 3.63) is 0 Å². The van der Waals surface area contributed by atoms with Crippen LogP contribution in [-0.2, 0) is 0 Å². The Kier molecular flexibility index (Phi) is 11.3. The Hall–Kier alpha value is -0.0400. The number of unbranched alkanes of at least 4 members (excludes halogenated alkanes) is 2. The average molecular weight is 422 g/mol. The molecule has 4 nitrogen and oxygen atoms in total. The van der Waals surface area contributed by atoms with E-state index in [1.165, 1.54) is 71.0 Å². The smallest absolute Gasteiger partial charge is 0.191 e. The second-order valence-electron chi connectivity index (χ2n) is 6.55. The Bertz CT molecular complexity index is 299. The van der Waals surface area contributed by atoms with Gasteiger partial charge in [0.2, 0.25) is 0 Å². The molecule has 1 aliphatic carbocycles. The summed E-state index contributed by atoms with van der Waals surface area (Å²) >= 11 is 0. The van der Waals surface area contributed by atoms with Gasteiger partial charge >= 0.3 is 0 Å². The molecule has 2 fully saturated rings. The maximum Gasteiger partial charge on any atom is 0.191 e. The van der Waals surface area contributed by atoms with Crippen molar-refractivity contribution >= 4 is 29.9 Å². The Balaban J connectivity index is 0.00000242. The zero-order chi connectivity index (χ0) is 14.8. The number of piperidine rings is 1. The lowest BCUT2D eigenvalue weighted by atomic mass is 10.1. The molecule has 0 spiro atoms. The molecule has 0 radical (unpaired) electrons. The molecule has 2 aliphatic rings. The van der Waals surface area contributed by atoms with E-state index in [0.717, 1.165) is 31.5 Å². The summed E-state index contributed by atoms with van der Waals surface area (Å²) in [4.78, 5) is 7.29. The molecule has 5 heteroatoms. The molecule has 0 amide bonds. The van der Waals surface area contributed by atoms with Gasteiger partial charge in [0.05, 0.1) is 0 Å². The molecule has 1 heterocycles. The third kappa shape index (κ3) is 9.18. The Labute approximate surface area is 153 Å². The summed E-state index contributed by atoms with van der Waals surface area (Å²) < 4.78 is 0. The van der Waals surface area contributed by atoms with E-state index >= 15 is 0 Å². The van der Waals surface area contributed by atoms with Crippen molar-refractivity contribution in [2.45, 2.75) is 58.3 Å². The molecule has 2 rings (SSSR count). The lowest BCUT2D eigenvalue weighted by molar-refractivity contribution is 0.224. The second-order valence-corrected chi connectivity index (χ2v) is 6.55. The number of hydrogen-bond donors (Lipinski definition) is 2. The summed E-state index contributed by atoms with van der Waals surface area (Å²) in [5.41, 5.74) is 0. The van der Waals surface area contributed by atoms with Gasteiger partial charge in [-0.25, -0.2) is 0 Å². The van der Waals surface area contributed by atoms with Crippen LogP contribution in [0.1, 0.15) is 58.3 Å². The van der Waals surface area contributed by atoms with Crippen LogP contribution < -0.4 is 10.6 Å². The fourth-order valence-corrected chi connectivity index (χ4v) is 2.89. The van der Waals surface area contributed by atoms with E-state index in [2.05, 4.69) is 27.4 Å². The van der Waals surface area contributed by atoms with Gasteiger partial charge in [-0.15, -0.1) is 24.0 Å². The maximum atomic E-state index is 4.65. The minimum atomic E-state index is 0. The summed E-state index contributed by atoms with van der Waals surface area (Å²) in [5.74, 6) is 1.88. The lowest BCUT2D eigenvalue weighted by Crippen LogP contribution is -2.38. The van der Waals surface area contributed by atoms with Crippen molar-refractivity contribution in [3.8, 4) is 0 Å². The minimum Gasteiger partial charge on any atom is -0.357 e. The topological polar surface area (TPSA) is 39.7 Å². The van der Waals surface area contributed by atoms with Crippen LogP contribution in [0.2, 0.25) is 0 Å². The highest BCUT2D eigenvalue weighted by Crippen LogP contribution is 2.28. The number of likely N-dealkylation sites (tertiary alicyclic amines) is 1. The second kappa shape index (κ2) is 12.4. The number of aliphatic imine (C=N–C) groups is 1. The third-order valence-corrected chi connectivity index (χ3v) is 4.44. The van der Waals surface area contributed by atoms with Gasteiger partial charge in [-0.3, -0.25) is 4.99 Å². The monoisotopic (exact) mass is 422 g/mol. The molecule has 0 aromatic heterocycles. The first-order valence-corrected chi connectivity index (χ1v) is 9.13. The summed E-state index contributed by atoms with van der Waals surface area (Å²) in [6.07, 6.45) is 10.9. The summed E-state index contributed by atoms with van der Waals surface area (Å²) in [6, 6.07) is 0. The molecule has 1 saturated carbocycles. The van der Waals surface area contributed by atoms with Crippen LogP contribution >= 0.6 is 24.0 Å². The van der Waals surface area contributed by atoms with E-state index in [-0.39, 0.29) is 24.0 Å². The SMILES string of the molecule is CCNC(=NCC1CC1)NCCCCCN1CCCCC1.I. The van der Waals surface area contributed by atoms with Crippen molar-refractivity contribution in [3.63, 3.8) is 0 Å². The van der Waals surface area contributed by atoms with E-state index in [1.807, 2.05) is 0 Å². The molecule has 1 aliphatic heterocycles. The van der Waals surface area contributed by atoms with Crippen LogP contribution in [0.25, 0.3) is 0 Å². The first-order chi connectivity index (χ1) is 10.4. The summed E-state index contributed by atoms with van der Waals surface area (Å²) in [6.45, 7) is 9.10. The maximum absolute atomic E-state index is 4.65. The number of guanidine groups is 1. The molecule has 0 aromatic carbocycles. The van der Waals surface area contributed by atoms with E-state index in [1.54, 1.807) is 0 Å². The fraction of sp³-hybridized carbons (Fsp3) is 0.941. The van der Waals surface area contributed by atoms with Crippen LogP contribution in [0.5, 0.6) is 0 Å². The fourth-order valence-electron chi connectivity index (χ4n) is 2.89. The van der Waals surface area contributed by atoms with Crippen molar-refractivity contribution in [1.29, 1.82) is 0 Å². The van der Waals surface area contributed by atoms with Crippen molar-refractivity contribution < 1.29 is 0 Å². The van der Waals surface area contributed by atoms with E-state index in [0.29, 0.717) is 0 Å². The van der Waals surface area contributed by atoms with E-state index in [9.17, 15) is 0 Å². The largest absolute Gasteiger partial charge is 0.357 e. The van der Waals surface area contributed by atoms with Gasteiger partial charge < -0.3 is 15.5 Å². The molecule has 0 unspecified atom stereocenters. The molecular weight excluding hydrogens is 387 g/mol. The molecule has 1 saturated heterocycles. The lowest BCUT2D eigenvalue weighted by Gasteiger charge is -2.26. The summed E-state index contributed by atoms with van der Waals surface area (Å²) in [5, 5.41) is 6.81. The molecule has 2 N–H and O–H groups in total. The van der Waals surface area contributed by atoms with Gasteiger partial charge in [0.15, 0.2) is 5.96 Å². The zero-order valence-electron chi connectivity index (χ0n) is 14.3. The van der Waals surface area contributed by atoms with Crippen molar-refractivity contribution in [2.24, 2.45) is 10.9 Å². The molecule has 0 aromatic rings. The molecule has 22 heavy (non-hydrogen) atoms. The average Bonchev–Trinajstić information content (AvgIpc) is 3.33. The first kappa shape index (κ1) is 20.0. The van der Waals surface area contributed by atoms with Gasteiger partial charge in [-0.05, 0) is 71.0 Å². The highest BCUT2D eigenvalue weighted by atomic mass is 127. The first-order valence-electron chi connectivity index (χ1n) is 9.13. The summed E-state index contributed by atoms with van der Waals surface area (Å²) in [7, 11) is 0. The number of hydrogen-bond acceptors (Lipinski definition) is 2. The highest BCUT2D eigenvalue weighted by Gasteiger charge is 2.20. The third-order valence-electron chi connectivity index (χ3n) is 4.44. The Morgan fingerprint density at radius 1 is 1.05 bits per heavy atom. The van der Waals surface area contributed by atoms with Gasteiger partial charge in [0.1, 0.15) is 0 Å². The van der Waals surface area contributed by atoms with E-state index in [4.69, 9.17) is 0 Å². The van der Waals surface area contributed by atoms with Gasteiger partial charge in [0, 0.05) is 19.6 Å². The molecule has 0 atom stereocenters. The molecule has 0 bridgehead atoms. The predicted octanol–water partition coefficient (Wildman–Crippen LogP) is 3.23. The molecular formula is C17H35IN4. The van der Waals surface area contributed by atoms with Crippen LogP contribution in [0.3, 0.4) is 0 Å². The van der Waals surface area contributed by atoms with Gasteiger partial charge in [0.25, 0.3) is 0 Å². The zero-order valence-corrected chi connectivity index (χ0v) is 16.6. The van der Waals surface area contributed by atoms with Crippen LogP contribution in [0.4, 0.5) is 0 Å². The Morgan fingerprint density at radius 3 is 2.50 bits per heavy atom. The minimum absolute atomic E-state index is 0. The number of halogens is 1. The van der Waals surface area contributed by atoms with Crippen LogP contribution in [0, 0.1) is 5.92 Å². The van der Waals surface area contributed by atoms with Crippen LogP contribution in [-0.4, -0.2) is 50.1 Å². The normalized spacial score (nSPS) is 19.6. The highest BCUT2D eigenvalue weighted by molar-refractivity contribution is 14.0. The predicted molar refractivity (Wildman–Crippen MR) is 106 cm³/mol. The van der Waals surface area contributed by atoms with Crippen LogP contribution in [0.15, 0.2) is 4.99 Å². The molecule has 130 valence electrons. The van der Waals surface area contributed by atoms with Crippen molar-refractivity contribution in [2.75, 3.05) is 39.3 Å². The standard InChI is InChI=1S/C17H34N4.HI/c1-2-18-17(20-15-16-9-10-16)19-11-5-3-6-12-21-13-7-4-8-14-21;/h16H,2-15H2,1H3,(H2,18,19,20);1H. The number of rotatable bonds is 9. The van der Waals surface area contributed by atoms with Gasteiger partial charge in [-0.1, -0.05) is 12.8 Å². The van der Waals surface area contributed by atoms with Crippen molar-refractivity contribution in [1.82, 2.24) is 15.5 Å². The van der Waals surface area contributed by atoms with Gasteiger partial charge in [-0.2, -0.15) is 0 Å². The Morgan fingerprint density at radius 2 is 1.82 bits per heavy atom. The van der Waals surface area contributed by atoms with E-state index < -0.39 is 0 Å². The number of nitrogens with zero attached hydrogens (tertiary/aromatic N) is 2. The number of nitrogens with one attached hydrogen (secondary N) is 2.